The molecule has 0 aliphatic heterocycles. The van der Waals surface area contributed by atoms with E-state index in [0.717, 1.165) is 12.8 Å². The van der Waals surface area contributed by atoms with Gasteiger partial charge in [0.25, 0.3) is 11.3 Å². The quantitative estimate of drug-likeness (QED) is 0.705. The van der Waals surface area contributed by atoms with Gasteiger partial charge < -0.3 is 4.74 Å². The predicted octanol–water partition coefficient (Wildman–Crippen LogP) is 0.490. The summed E-state index contributed by atoms with van der Waals surface area (Å²) >= 11 is -1.74. The molecule has 70 valence electrons. The molecule has 12 heavy (non-hydrogen) atoms. The molecule has 1 atom stereocenters. The Morgan fingerprint density at radius 1 is 1.67 bits per heavy atom. The van der Waals surface area contributed by atoms with Crippen LogP contribution in [0.1, 0.15) is 19.8 Å². The summed E-state index contributed by atoms with van der Waals surface area (Å²) in [6.07, 6.45) is 1.16. The fourth-order valence-electron chi connectivity index (χ4n) is 0.541. The molecule has 0 aromatic carbocycles. The number of hydrogen-bond acceptors (Lipinski definition) is 4. The number of nitrogens with one attached hydrogen (secondary N) is 1. The van der Waals surface area contributed by atoms with Crippen molar-refractivity contribution in [3.05, 3.63) is 0 Å². The highest BCUT2D eigenvalue weighted by atomic mass is 32.2. The van der Waals surface area contributed by atoms with E-state index < -0.39 is 17.4 Å². The number of rotatable bonds is 4. The molecule has 0 saturated heterocycles. The van der Waals surface area contributed by atoms with Gasteiger partial charge in [0.15, 0.2) is 0 Å². The minimum absolute atomic E-state index is 0.0489. The first-order valence-electron chi connectivity index (χ1n) is 3.74. The Hall–Kier alpha value is -0.620. The maximum absolute atomic E-state index is 10.9. The summed E-state index contributed by atoms with van der Waals surface area (Å²) in [5.41, 5.74) is 0. The van der Waals surface area contributed by atoms with E-state index in [2.05, 4.69) is 4.74 Å². The predicted molar refractivity (Wildman–Crippen MR) is 42.4 cm³/mol. The molecule has 0 aromatic heterocycles. The fourth-order valence-corrected chi connectivity index (χ4v) is 1.22. The zero-order chi connectivity index (χ0) is 8.97. The number of hydrogen-bond donors (Lipinski definition) is 1. The highest BCUT2D eigenvalue weighted by Gasteiger charge is 2.25. The lowest BCUT2D eigenvalue weighted by Gasteiger charge is -2.03. The highest BCUT2D eigenvalue weighted by molar-refractivity contribution is 7.78. The molecule has 0 spiro atoms. The van der Waals surface area contributed by atoms with Crippen LogP contribution in [0, 0.1) is 0 Å². The Balaban J connectivity index is 2.11. The SMILES string of the molecule is CCOC(=O)NS(=O)OC1CC1. The molecule has 1 amide bonds. The molecule has 5 nitrogen and oxygen atoms in total. The summed E-state index contributed by atoms with van der Waals surface area (Å²) in [5, 5.41) is 0. The second-order valence-electron chi connectivity index (χ2n) is 2.35. The van der Waals surface area contributed by atoms with Crippen molar-refractivity contribution in [3.8, 4) is 0 Å². The standard InChI is InChI=1S/C6H11NO4S/c1-2-10-6(8)7-12(9)11-5-3-4-5/h5H,2-4H2,1H3,(H,7,8). The van der Waals surface area contributed by atoms with Crippen molar-refractivity contribution in [2.45, 2.75) is 25.9 Å². The summed E-state index contributed by atoms with van der Waals surface area (Å²) in [5.74, 6) is 0. The third-order valence-corrected chi connectivity index (χ3v) is 1.97. The first-order valence-corrected chi connectivity index (χ1v) is 4.82. The summed E-state index contributed by atoms with van der Waals surface area (Å²) in [4.78, 5) is 10.6. The minimum atomic E-state index is -1.74. The summed E-state index contributed by atoms with van der Waals surface area (Å²) in [7, 11) is 0. The number of carbonyl (C=O) groups excluding carboxylic acids is 1. The fraction of sp³-hybridized carbons (Fsp3) is 0.833. The lowest BCUT2D eigenvalue weighted by molar-refractivity contribution is 0.158. The number of amides is 1. The Labute approximate surface area is 73.2 Å². The first kappa shape index (κ1) is 9.47. The van der Waals surface area contributed by atoms with Gasteiger partial charge in [-0.05, 0) is 19.8 Å². The second-order valence-corrected chi connectivity index (χ2v) is 3.22. The summed E-state index contributed by atoms with van der Waals surface area (Å²) in [6, 6.07) is 0. The van der Waals surface area contributed by atoms with E-state index in [1.807, 2.05) is 4.72 Å². The molecule has 1 aliphatic rings. The van der Waals surface area contributed by atoms with Crippen LogP contribution in [0.4, 0.5) is 4.79 Å². The van der Waals surface area contributed by atoms with E-state index in [1.165, 1.54) is 0 Å². The van der Waals surface area contributed by atoms with Crippen molar-refractivity contribution in [1.29, 1.82) is 0 Å². The largest absolute Gasteiger partial charge is 0.449 e. The van der Waals surface area contributed by atoms with Gasteiger partial charge in [0.1, 0.15) is 0 Å². The average Bonchev–Trinajstić information content (AvgIpc) is 2.71. The molecule has 0 aromatic rings. The summed E-state index contributed by atoms with van der Waals surface area (Å²) in [6.45, 7) is 1.93. The van der Waals surface area contributed by atoms with Crippen LogP contribution in [0.2, 0.25) is 0 Å². The van der Waals surface area contributed by atoms with Gasteiger partial charge in [-0.3, -0.25) is 4.18 Å². The van der Waals surface area contributed by atoms with Crippen molar-refractivity contribution in [1.82, 2.24) is 4.72 Å². The van der Waals surface area contributed by atoms with Gasteiger partial charge >= 0.3 is 6.09 Å². The number of carbonyl (C=O) groups is 1. The molecule has 0 heterocycles. The number of ether oxygens (including phenoxy) is 1. The van der Waals surface area contributed by atoms with Crippen LogP contribution in [-0.2, 0) is 20.2 Å². The zero-order valence-electron chi connectivity index (χ0n) is 6.74. The highest BCUT2D eigenvalue weighted by Crippen LogP contribution is 2.23. The maximum Gasteiger partial charge on any atom is 0.420 e. The molecule has 1 unspecified atom stereocenters. The van der Waals surface area contributed by atoms with E-state index in [0.29, 0.717) is 0 Å². The van der Waals surface area contributed by atoms with E-state index in [9.17, 15) is 9.00 Å². The van der Waals surface area contributed by atoms with E-state index in [-0.39, 0.29) is 12.7 Å². The van der Waals surface area contributed by atoms with Crippen molar-refractivity contribution in [2.75, 3.05) is 6.61 Å². The van der Waals surface area contributed by atoms with E-state index >= 15 is 0 Å². The molecular formula is C6H11NO4S. The van der Waals surface area contributed by atoms with Crippen molar-refractivity contribution in [3.63, 3.8) is 0 Å². The second kappa shape index (κ2) is 4.42. The van der Waals surface area contributed by atoms with Gasteiger partial charge in [-0.25, -0.2) is 13.7 Å². The Morgan fingerprint density at radius 3 is 2.83 bits per heavy atom. The lowest BCUT2D eigenvalue weighted by Crippen LogP contribution is -2.28. The van der Waals surface area contributed by atoms with E-state index in [4.69, 9.17) is 4.18 Å². The monoisotopic (exact) mass is 193 g/mol. The molecule has 1 rings (SSSR count). The van der Waals surface area contributed by atoms with Gasteiger partial charge in [0.05, 0.1) is 12.7 Å². The molecule has 1 N–H and O–H groups in total. The molecule has 1 aliphatic carbocycles. The van der Waals surface area contributed by atoms with Crippen LogP contribution < -0.4 is 4.72 Å². The topological polar surface area (TPSA) is 64.6 Å². The van der Waals surface area contributed by atoms with Gasteiger partial charge in [0, 0.05) is 0 Å². The first-order chi connectivity index (χ1) is 5.72. The third kappa shape index (κ3) is 3.68. The normalized spacial score (nSPS) is 18.4. The third-order valence-electron chi connectivity index (χ3n) is 1.19. The molecule has 6 heteroatoms. The van der Waals surface area contributed by atoms with Crippen LogP contribution in [0.3, 0.4) is 0 Å². The molecule has 0 radical (unpaired) electrons. The Morgan fingerprint density at radius 2 is 2.33 bits per heavy atom. The maximum atomic E-state index is 10.9. The van der Waals surface area contributed by atoms with Crippen molar-refractivity contribution in [2.24, 2.45) is 0 Å². The molecule has 1 saturated carbocycles. The summed E-state index contributed by atoms with van der Waals surface area (Å²) < 4.78 is 22.2. The molecule has 1 fully saturated rings. The van der Waals surface area contributed by atoms with Crippen LogP contribution >= 0.6 is 0 Å². The lowest BCUT2D eigenvalue weighted by atomic mass is 10.9. The van der Waals surface area contributed by atoms with Gasteiger partial charge in [-0.2, -0.15) is 0 Å². The van der Waals surface area contributed by atoms with Gasteiger partial charge in [-0.1, -0.05) is 0 Å². The Kier molecular flexibility index (Phi) is 3.48. The smallest absolute Gasteiger partial charge is 0.420 e. The van der Waals surface area contributed by atoms with Crippen molar-refractivity contribution >= 4 is 17.4 Å². The van der Waals surface area contributed by atoms with E-state index in [1.54, 1.807) is 6.92 Å². The van der Waals surface area contributed by atoms with Crippen LogP contribution in [0.25, 0.3) is 0 Å². The average molecular weight is 193 g/mol. The van der Waals surface area contributed by atoms with Crippen molar-refractivity contribution < 1.29 is 17.9 Å². The Bertz CT molecular complexity index is 192. The molecule has 0 bridgehead atoms. The van der Waals surface area contributed by atoms with Crippen LogP contribution in [-0.4, -0.2) is 23.0 Å². The zero-order valence-corrected chi connectivity index (χ0v) is 7.56. The van der Waals surface area contributed by atoms with Gasteiger partial charge in [0.2, 0.25) is 0 Å². The minimum Gasteiger partial charge on any atom is -0.449 e. The van der Waals surface area contributed by atoms with Crippen LogP contribution in [0.15, 0.2) is 0 Å². The van der Waals surface area contributed by atoms with Gasteiger partial charge in [-0.15, -0.1) is 0 Å². The molecular weight excluding hydrogens is 182 g/mol. The van der Waals surface area contributed by atoms with Crippen LogP contribution in [0.5, 0.6) is 0 Å².